The Morgan fingerprint density at radius 1 is 1.29 bits per heavy atom. The number of carbonyl (C=O) groups excluding carboxylic acids is 1. The summed E-state index contributed by atoms with van der Waals surface area (Å²) < 4.78 is 12.5. The van der Waals surface area contributed by atoms with Crippen molar-refractivity contribution in [1.82, 2.24) is 24.9 Å². The number of nitriles is 1. The summed E-state index contributed by atoms with van der Waals surface area (Å²) in [4.78, 5) is 29.9. The van der Waals surface area contributed by atoms with Crippen molar-refractivity contribution in [3.8, 4) is 23.5 Å². The standard InChI is InChI=1S/C33H42N8O3S/c1-7-29(42)41-19(2)17-40(18-20(41)3)27-15-28(43-21(4)23-10-9-13-39(23)6)37-32(36-27)24-14-26(38-44-24)33(5)12-8-11-25-30(33)22(16-34)31(35)45-25/h7,14-15,19-21,23H,1,8-13,17-18,35H2,2-6H3/t19-,20-,21-,23-,33+/m0/s1. The molecule has 12 heteroatoms. The van der Waals surface area contributed by atoms with E-state index in [-0.39, 0.29) is 24.1 Å². The van der Waals surface area contributed by atoms with Gasteiger partial charge in [-0.3, -0.25) is 9.69 Å². The number of rotatable bonds is 7. The molecule has 0 aromatic carbocycles. The molecule has 0 unspecified atom stereocenters. The van der Waals surface area contributed by atoms with Gasteiger partial charge in [0.2, 0.25) is 23.4 Å². The molecule has 2 fully saturated rings. The number of aryl methyl sites for hydroxylation is 1. The number of fused-ring (bicyclic) bond motifs is 1. The number of thiophene rings is 1. The minimum atomic E-state index is -0.522. The van der Waals surface area contributed by atoms with Crippen LogP contribution in [0.25, 0.3) is 11.6 Å². The van der Waals surface area contributed by atoms with E-state index < -0.39 is 5.41 Å². The highest BCUT2D eigenvalue weighted by atomic mass is 32.1. The number of ether oxygens (including phenoxy) is 1. The van der Waals surface area contributed by atoms with Gasteiger partial charge in [-0.05, 0) is 85.0 Å². The van der Waals surface area contributed by atoms with Crippen LogP contribution in [0.4, 0.5) is 10.8 Å². The van der Waals surface area contributed by atoms with Crippen LogP contribution in [0.2, 0.25) is 0 Å². The van der Waals surface area contributed by atoms with Gasteiger partial charge in [0.1, 0.15) is 23.0 Å². The third-order valence-electron chi connectivity index (χ3n) is 9.83. The van der Waals surface area contributed by atoms with Gasteiger partial charge in [0.05, 0.1) is 11.3 Å². The Hall–Kier alpha value is -3.95. The Bertz CT molecular complexity index is 1630. The lowest BCUT2D eigenvalue weighted by atomic mass is 9.70. The van der Waals surface area contributed by atoms with E-state index in [4.69, 9.17) is 25.0 Å². The third-order valence-corrected chi connectivity index (χ3v) is 10.9. The largest absolute Gasteiger partial charge is 0.473 e. The quantitative estimate of drug-likeness (QED) is 0.364. The molecule has 5 atom stereocenters. The van der Waals surface area contributed by atoms with Gasteiger partial charge in [-0.1, -0.05) is 11.7 Å². The predicted octanol–water partition coefficient (Wildman–Crippen LogP) is 4.76. The van der Waals surface area contributed by atoms with Crippen LogP contribution in [0.1, 0.15) is 75.1 Å². The molecule has 1 aliphatic carbocycles. The lowest BCUT2D eigenvalue weighted by Gasteiger charge is -2.44. The van der Waals surface area contributed by atoms with Crippen LogP contribution in [0.15, 0.2) is 29.3 Å². The Kier molecular flexibility index (Phi) is 8.35. The maximum absolute atomic E-state index is 12.6. The van der Waals surface area contributed by atoms with Crippen LogP contribution in [0, 0.1) is 11.3 Å². The van der Waals surface area contributed by atoms with Gasteiger partial charge in [0.15, 0.2) is 0 Å². The first kappa shape index (κ1) is 31.0. The van der Waals surface area contributed by atoms with Crippen LogP contribution in [-0.4, -0.2) is 81.7 Å². The van der Waals surface area contributed by atoms with Crippen LogP contribution in [-0.2, 0) is 16.6 Å². The second kappa shape index (κ2) is 12.1. The molecule has 2 N–H and O–H groups in total. The lowest BCUT2D eigenvalue weighted by Crippen LogP contribution is -2.58. The third kappa shape index (κ3) is 5.57. The molecule has 3 aromatic rings. The van der Waals surface area contributed by atoms with E-state index in [0.29, 0.717) is 53.0 Å². The van der Waals surface area contributed by atoms with E-state index in [2.05, 4.69) is 48.5 Å². The Balaban J connectivity index is 1.37. The number of nitrogens with zero attached hydrogens (tertiary/aromatic N) is 7. The number of nitrogen functional groups attached to an aromatic ring is 1. The average Bonchev–Trinajstić information content (AvgIpc) is 3.75. The first-order valence-electron chi connectivity index (χ1n) is 15.8. The van der Waals surface area contributed by atoms with Crippen LogP contribution >= 0.6 is 11.3 Å². The number of anilines is 2. The van der Waals surface area contributed by atoms with Gasteiger partial charge in [-0.25, -0.2) is 4.98 Å². The van der Waals surface area contributed by atoms with Crippen molar-refractivity contribution >= 4 is 28.1 Å². The van der Waals surface area contributed by atoms with Crippen molar-refractivity contribution in [3.05, 3.63) is 46.5 Å². The van der Waals surface area contributed by atoms with E-state index in [9.17, 15) is 10.1 Å². The summed E-state index contributed by atoms with van der Waals surface area (Å²) in [7, 11) is 2.13. The maximum atomic E-state index is 12.6. The number of piperazine rings is 1. The molecule has 238 valence electrons. The predicted molar refractivity (Wildman–Crippen MR) is 174 cm³/mol. The number of likely N-dealkylation sites (N-methyl/N-ethyl adjacent to an activating group) is 1. The molecule has 0 radical (unpaired) electrons. The van der Waals surface area contributed by atoms with Gasteiger partial charge in [-0.2, -0.15) is 10.2 Å². The molecule has 1 amide bonds. The van der Waals surface area contributed by atoms with Crippen LogP contribution in [0.5, 0.6) is 5.88 Å². The van der Waals surface area contributed by atoms with Gasteiger partial charge >= 0.3 is 0 Å². The second-order valence-electron chi connectivity index (χ2n) is 13.0. The molecular formula is C33H42N8O3S. The first-order chi connectivity index (χ1) is 21.5. The maximum Gasteiger partial charge on any atom is 0.246 e. The highest BCUT2D eigenvalue weighted by molar-refractivity contribution is 7.16. The Labute approximate surface area is 268 Å². The van der Waals surface area contributed by atoms with Crippen molar-refractivity contribution < 1.29 is 14.1 Å². The van der Waals surface area contributed by atoms with E-state index >= 15 is 0 Å². The fourth-order valence-corrected chi connectivity index (χ4v) is 8.78. The van der Waals surface area contributed by atoms with Crippen molar-refractivity contribution in [1.29, 1.82) is 5.26 Å². The van der Waals surface area contributed by atoms with Crippen molar-refractivity contribution in [2.75, 3.05) is 37.3 Å². The number of likely N-dealkylation sites (tertiary alicyclic amines) is 1. The molecular weight excluding hydrogens is 588 g/mol. The van der Waals surface area contributed by atoms with E-state index in [1.54, 1.807) is 0 Å². The van der Waals surface area contributed by atoms with E-state index in [1.165, 1.54) is 17.4 Å². The fraction of sp³-hybridized carbons (Fsp3) is 0.545. The molecule has 5 heterocycles. The highest BCUT2D eigenvalue weighted by Gasteiger charge is 2.41. The Morgan fingerprint density at radius 3 is 2.71 bits per heavy atom. The molecule has 0 bridgehead atoms. The van der Waals surface area contributed by atoms with Gasteiger partial charge < -0.3 is 24.8 Å². The molecule has 0 saturated carbocycles. The zero-order valence-electron chi connectivity index (χ0n) is 26.7. The van der Waals surface area contributed by atoms with Gasteiger partial charge in [0.25, 0.3) is 0 Å². The Morgan fingerprint density at radius 2 is 2.04 bits per heavy atom. The molecule has 45 heavy (non-hydrogen) atoms. The summed E-state index contributed by atoms with van der Waals surface area (Å²) >= 11 is 1.50. The first-order valence-corrected chi connectivity index (χ1v) is 16.6. The minimum absolute atomic E-state index is 0.0437. The molecule has 2 saturated heterocycles. The summed E-state index contributed by atoms with van der Waals surface area (Å²) in [6, 6.07) is 6.32. The van der Waals surface area contributed by atoms with Crippen molar-refractivity contribution in [2.45, 2.75) is 89.4 Å². The summed E-state index contributed by atoms with van der Waals surface area (Å²) in [6.45, 7) is 14.2. The topological polar surface area (TPSA) is 138 Å². The molecule has 2 aliphatic heterocycles. The normalized spacial score (nSPS) is 25.9. The smallest absolute Gasteiger partial charge is 0.246 e. The fourth-order valence-electron chi connectivity index (χ4n) is 7.59. The number of hydrogen-bond donors (Lipinski definition) is 1. The number of nitrogens with two attached hydrogens (primary N) is 1. The zero-order valence-corrected chi connectivity index (χ0v) is 27.6. The van der Waals surface area contributed by atoms with Crippen molar-refractivity contribution in [3.63, 3.8) is 0 Å². The van der Waals surface area contributed by atoms with E-state index in [1.807, 2.05) is 30.9 Å². The summed E-state index contributed by atoms with van der Waals surface area (Å²) in [5, 5.41) is 15.0. The molecule has 3 aliphatic rings. The monoisotopic (exact) mass is 630 g/mol. The summed E-state index contributed by atoms with van der Waals surface area (Å²) in [6.07, 6.45) is 6.19. The van der Waals surface area contributed by atoms with E-state index in [0.717, 1.165) is 54.8 Å². The SMILES string of the molecule is C=CC(=O)N1[C@@H](C)CN(c2cc(O[C@@H](C)[C@@H]3CCCN3C)nc(-c3cc([C@@]4(C)CCCc5sc(N)c(C#N)c54)no3)n2)C[C@@H]1C. The number of aromatic nitrogens is 3. The highest BCUT2D eigenvalue weighted by Crippen LogP contribution is 2.49. The number of hydrogen-bond acceptors (Lipinski definition) is 11. The average molecular weight is 631 g/mol. The van der Waals surface area contributed by atoms with Crippen LogP contribution in [0.3, 0.4) is 0 Å². The van der Waals surface area contributed by atoms with Crippen molar-refractivity contribution in [2.24, 2.45) is 0 Å². The van der Waals surface area contributed by atoms with Crippen LogP contribution < -0.4 is 15.4 Å². The van der Waals surface area contributed by atoms with Gasteiger partial charge in [0, 0.05) is 53.6 Å². The lowest BCUT2D eigenvalue weighted by molar-refractivity contribution is -0.130. The summed E-state index contributed by atoms with van der Waals surface area (Å²) in [5.74, 6) is 1.90. The molecule has 0 spiro atoms. The molecule has 6 rings (SSSR count). The zero-order chi connectivity index (χ0) is 32.0. The van der Waals surface area contributed by atoms with Gasteiger partial charge in [-0.15, -0.1) is 11.3 Å². The molecule has 3 aromatic heterocycles. The number of amides is 1. The summed E-state index contributed by atoms with van der Waals surface area (Å²) in [5.41, 5.74) is 7.97. The minimum Gasteiger partial charge on any atom is -0.473 e. The molecule has 11 nitrogen and oxygen atoms in total. The second-order valence-corrected chi connectivity index (χ2v) is 14.1. The number of carbonyl (C=O) groups is 1.